The third kappa shape index (κ3) is 48.4. The predicted molar refractivity (Wildman–Crippen MR) is 356 cm³/mol. The summed E-state index contributed by atoms with van der Waals surface area (Å²) < 4.78 is 17.7. The van der Waals surface area contributed by atoms with Gasteiger partial charge in [-0.25, -0.2) is 0 Å². The molecular weight excluding hydrogens is 1060 g/mol. The van der Waals surface area contributed by atoms with E-state index in [1.165, 1.54) is 154 Å². The zero-order valence-corrected chi connectivity index (χ0v) is 54.7. The summed E-state index contributed by atoms with van der Waals surface area (Å²) in [6.45, 7) is 5.75. The van der Waals surface area contributed by atoms with E-state index in [-0.39, 0.29) is 19.4 Å². The molecule has 1 aliphatic heterocycles. The third-order valence-corrected chi connectivity index (χ3v) is 16.3. The fourth-order valence-corrected chi connectivity index (χ4v) is 10.7. The zero-order chi connectivity index (χ0) is 61.7. The molecule has 1 amide bonds. The van der Waals surface area contributed by atoms with Crippen LogP contribution in [0.1, 0.15) is 310 Å². The first-order valence-corrected chi connectivity index (χ1v) is 35.4. The minimum absolute atomic E-state index is 0.109. The van der Waals surface area contributed by atoms with Gasteiger partial charge in [0, 0.05) is 6.42 Å². The van der Waals surface area contributed by atoms with Crippen molar-refractivity contribution in [3.8, 4) is 0 Å². The molecule has 0 aromatic rings. The molecule has 1 rings (SSSR count). The number of esters is 1. The van der Waals surface area contributed by atoms with Crippen LogP contribution in [0.4, 0.5) is 0 Å². The lowest BCUT2D eigenvalue weighted by molar-refractivity contribution is -0.305. The number of unbranched alkanes of at least 4 members (excludes halogenated alkanes) is 34. The van der Waals surface area contributed by atoms with Gasteiger partial charge in [0.1, 0.15) is 24.4 Å². The molecule has 11 nitrogen and oxygen atoms in total. The molecule has 1 fully saturated rings. The Balaban J connectivity index is 2.58. The molecule has 8 unspecified atom stereocenters. The molecule has 0 aromatic carbocycles. The van der Waals surface area contributed by atoms with E-state index >= 15 is 0 Å². The largest absolute Gasteiger partial charge is 0.454 e. The van der Waals surface area contributed by atoms with E-state index in [2.05, 4.69) is 99.0 Å². The number of amides is 1. The summed E-state index contributed by atoms with van der Waals surface area (Å²) in [4.78, 5) is 26.7. The van der Waals surface area contributed by atoms with Gasteiger partial charge >= 0.3 is 5.97 Å². The molecule has 0 spiro atoms. The van der Waals surface area contributed by atoms with Crippen LogP contribution in [0.15, 0.2) is 85.1 Å². The van der Waals surface area contributed by atoms with E-state index in [9.17, 15) is 35.1 Å². The van der Waals surface area contributed by atoms with Crippen molar-refractivity contribution < 1.29 is 49.3 Å². The Morgan fingerprint density at radius 3 is 1.24 bits per heavy atom. The Morgan fingerprint density at radius 2 is 0.812 bits per heavy atom. The van der Waals surface area contributed by atoms with Crippen molar-refractivity contribution in [2.75, 3.05) is 13.2 Å². The second kappa shape index (κ2) is 61.1. The summed E-state index contributed by atoms with van der Waals surface area (Å²) in [5.41, 5.74) is 0. The van der Waals surface area contributed by atoms with Crippen molar-refractivity contribution in [2.45, 2.75) is 359 Å². The Bertz CT molecular complexity index is 1710. The quantitative estimate of drug-likeness (QED) is 0.0195. The Hall–Kier alpha value is -3.16. The molecule has 1 aliphatic rings. The highest BCUT2D eigenvalue weighted by Gasteiger charge is 2.47. The average Bonchev–Trinajstić information content (AvgIpc) is 2.90. The molecule has 0 aliphatic carbocycles. The fourth-order valence-electron chi connectivity index (χ4n) is 10.7. The first-order valence-electron chi connectivity index (χ1n) is 35.4. The zero-order valence-electron chi connectivity index (χ0n) is 54.7. The molecule has 8 atom stereocenters. The minimum Gasteiger partial charge on any atom is -0.454 e. The van der Waals surface area contributed by atoms with Gasteiger partial charge in [-0.15, -0.1) is 0 Å². The van der Waals surface area contributed by atoms with Crippen LogP contribution in [0.5, 0.6) is 0 Å². The van der Waals surface area contributed by atoms with E-state index < -0.39 is 67.4 Å². The average molecular weight is 1190 g/mol. The number of carbonyl (C=O) groups is 2. The summed E-state index contributed by atoms with van der Waals surface area (Å²) in [5.74, 6) is -1.20. The monoisotopic (exact) mass is 1190 g/mol. The molecule has 11 heteroatoms. The molecule has 0 saturated carbocycles. The van der Waals surface area contributed by atoms with Gasteiger partial charge in [0.2, 0.25) is 5.91 Å². The van der Waals surface area contributed by atoms with Crippen molar-refractivity contribution in [1.29, 1.82) is 0 Å². The Morgan fingerprint density at radius 1 is 0.459 bits per heavy atom. The number of hydrogen-bond acceptors (Lipinski definition) is 10. The highest BCUT2D eigenvalue weighted by Crippen LogP contribution is 2.26. The lowest BCUT2D eigenvalue weighted by Crippen LogP contribution is -2.61. The van der Waals surface area contributed by atoms with Gasteiger partial charge < -0.3 is 45.1 Å². The molecule has 0 aromatic heterocycles. The smallest absolute Gasteiger partial charge is 0.306 e. The summed E-state index contributed by atoms with van der Waals surface area (Å²) in [5, 5.41) is 57.2. The first kappa shape index (κ1) is 79.9. The van der Waals surface area contributed by atoms with Gasteiger partial charge in [-0.2, -0.15) is 0 Å². The number of ether oxygens (including phenoxy) is 3. The topological polar surface area (TPSA) is 175 Å². The van der Waals surface area contributed by atoms with Crippen molar-refractivity contribution in [2.24, 2.45) is 0 Å². The van der Waals surface area contributed by atoms with Gasteiger partial charge in [0.05, 0.1) is 25.4 Å². The van der Waals surface area contributed by atoms with Crippen LogP contribution in [0.2, 0.25) is 0 Å². The van der Waals surface area contributed by atoms with E-state index in [0.29, 0.717) is 12.8 Å². The molecule has 85 heavy (non-hydrogen) atoms. The fraction of sp³-hybridized carbons (Fsp3) is 0.784. The maximum atomic E-state index is 13.5. The van der Waals surface area contributed by atoms with Crippen LogP contribution in [0.3, 0.4) is 0 Å². The number of carbonyl (C=O) groups excluding carboxylic acids is 2. The Kier molecular flexibility index (Phi) is 57.4. The molecule has 0 radical (unpaired) electrons. The van der Waals surface area contributed by atoms with Crippen LogP contribution in [0.25, 0.3) is 0 Å². The summed E-state index contributed by atoms with van der Waals surface area (Å²) in [7, 11) is 0. The van der Waals surface area contributed by atoms with E-state index in [4.69, 9.17) is 14.2 Å². The predicted octanol–water partition coefficient (Wildman–Crippen LogP) is 18.1. The number of nitrogens with one attached hydrogen (secondary N) is 1. The summed E-state index contributed by atoms with van der Waals surface area (Å²) >= 11 is 0. The molecular formula is C74H131NO10. The molecule has 0 bridgehead atoms. The van der Waals surface area contributed by atoms with Crippen molar-refractivity contribution in [1.82, 2.24) is 5.32 Å². The maximum absolute atomic E-state index is 13.5. The standard InChI is InChI=1S/C74H131NO10/c1-4-7-10-13-16-19-22-24-26-28-30-32-34-36-38-40-42-44-47-50-53-56-59-62-69(79)85-72-71(81)70(80)68(63-76)84-74(72)83-64-65(66(77)60-57-54-51-48-45-21-18-15-12-9-6-3)75-73(82)67(78)61-58-55-52-49-46-43-41-39-37-35-33-31-29-27-25-23-20-17-14-11-8-5-2/h16-17,19-20,24-27,30,32,36,38,57,60,65-68,70-72,74,76-78,80-81H,4-15,18,21-23,28-29,31,33-35,37,39-56,58-59,61-64H2,1-3H3,(H,75,82)/b19-16-,20-17-,26-24-,27-25-,32-30-,38-36-,60-57+. The number of aliphatic hydroxyl groups is 5. The molecule has 6 N–H and O–H groups in total. The van der Waals surface area contributed by atoms with Crippen molar-refractivity contribution >= 4 is 11.9 Å². The van der Waals surface area contributed by atoms with Gasteiger partial charge in [0.25, 0.3) is 0 Å². The van der Waals surface area contributed by atoms with Crippen molar-refractivity contribution in [3.05, 3.63) is 85.1 Å². The Labute approximate surface area is 521 Å². The number of aliphatic hydroxyl groups excluding tert-OH is 5. The number of rotatable bonds is 60. The summed E-state index contributed by atoms with van der Waals surface area (Å²) in [6, 6.07) is -1.03. The van der Waals surface area contributed by atoms with Crippen LogP contribution in [-0.4, -0.2) is 99.6 Å². The van der Waals surface area contributed by atoms with Crippen LogP contribution in [-0.2, 0) is 23.8 Å². The lowest BCUT2D eigenvalue weighted by atomic mass is 9.99. The minimum atomic E-state index is -1.62. The SMILES string of the molecule is CCCCC/C=C\C/C=C\C/C=C\C/C=C\CCCCCCCCCC(=O)OC1C(OCC(NC(=O)C(O)CCCCCCCCCCCCCC/C=C\C/C=C\CCCCC)C(O)/C=C/CCCCCCCCCCC)OC(CO)C(O)C1O. The van der Waals surface area contributed by atoms with Crippen LogP contribution in [0, 0.1) is 0 Å². The molecule has 1 saturated heterocycles. The second-order valence-electron chi connectivity index (χ2n) is 24.3. The van der Waals surface area contributed by atoms with E-state index in [1.807, 2.05) is 6.08 Å². The maximum Gasteiger partial charge on any atom is 0.306 e. The number of allylic oxidation sites excluding steroid dienone is 13. The summed E-state index contributed by atoms with van der Waals surface area (Å²) in [6.07, 6.45) is 70.4. The third-order valence-electron chi connectivity index (χ3n) is 16.3. The second-order valence-corrected chi connectivity index (χ2v) is 24.3. The van der Waals surface area contributed by atoms with E-state index in [1.54, 1.807) is 6.08 Å². The van der Waals surface area contributed by atoms with Crippen LogP contribution >= 0.6 is 0 Å². The number of hydrogen-bond donors (Lipinski definition) is 6. The normalized spacial score (nSPS) is 18.9. The van der Waals surface area contributed by atoms with Gasteiger partial charge in [-0.05, 0) is 103 Å². The van der Waals surface area contributed by atoms with E-state index in [0.717, 1.165) is 109 Å². The molecule has 492 valence electrons. The van der Waals surface area contributed by atoms with Gasteiger partial charge in [-0.3, -0.25) is 9.59 Å². The van der Waals surface area contributed by atoms with Gasteiger partial charge in [0.15, 0.2) is 12.4 Å². The van der Waals surface area contributed by atoms with Crippen LogP contribution < -0.4 is 5.32 Å². The first-order chi connectivity index (χ1) is 41.7. The lowest BCUT2D eigenvalue weighted by Gasteiger charge is -2.41. The van der Waals surface area contributed by atoms with Gasteiger partial charge in [-0.1, -0.05) is 286 Å². The molecule has 1 heterocycles. The highest BCUT2D eigenvalue weighted by atomic mass is 16.7. The van der Waals surface area contributed by atoms with Crippen molar-refractivity contribution in [3.63, 3.8) is 0 Å². The highest BCUT2D eigenvalue weighted by molar-refractivity contribution is 5.80.